The lowest BCUT2D eigenvalue weighted by Gasteiger charge is -2.32. The van der Waals surface area contributed by atoms with Crippen LogP contribution in [0, 0.1) is 0 Å². The highest BCUT2D eigenvalue weighted by Gasteiger charge is 2.21. The molecule has 25 heavy (non-hydrogen) atoms. The summed E-state index contributed by atoms with van der Waals surface area (Å²) in [4.78, 5) is 27.6. The van der Waals surface area contributed by atoms with Gasteiger partial charge in [0.25, 0.3) is 0 Å². The number of thiophene rings is 1. The highest BCUT2D eigenvalue weighted by atomic mass is 32.1. The molecule has 9 heteroatoms. The van der Waals surface area contributed by atoms with Gasteiger partial charge in [0.15, 0.2) is 0 Å². The monoisotopic (exact) mass is 379 g/mol. The summed E-state index contributed by atoms with van der Waals surface area (Å²) in [5.41, 5.74) is 1.55. The number of carbonyl (C=O) groups excluding carboxylic acids is 2. The molecule has 1 saturated heterocycles. The van der Waals surface area contributed by atoms with E-state index >= 15 is 0 Å². The fourth-order valence-electron chi connectivity index (χ4n) is 2.88. The lowest BCUT2D eigenvalue weighted by molar-refractivity contribution is -0.125. The van der Waals surface area contributed by atoms with Crippen molar-refractivity contribution in [1.29, 1.82) is 0 Å². The average molecular weight is 380 g/mol. The Balaban J connectivity index is 1.37. The Morgan fingerprint density at radius 2 is 2.16 bits per heavy atom. The SMILES string of the molecule is O=C(CCC(=O)NC1CCCN(Cc2cccs2)C1)Nc1nncs1. The Morgan fingerprint density at radius 1 is 1.28 bits per heavy atom. The molecule has 0 saturated carbocycles. The predicted octanol–water partition coefficient (Wildman–Crippen LogP) is 2.10. The van der Waals surface area contributed by atoms with Crippen LogP contribution in [0.4, 0.5) is 5.13 Å². The first-order valence-electron chi connectivity index (χ1n) is 8.29. The quantitative estimate of drug-likeness (QED) is 0.769. The summed E-state index contributed by atoms with van der Waals surface area (Å²) in [6, 6.07) is 4.37. The van der Waals surface area contributed by atoms with Gasteiger partial charge < -0.3 is 10.6 Å². The van der Waals surface area contributed by atoms with Gasteiger partial charge in [-0.3, -0.25) is 14.5 Å². The van der Waals surface area contributed by atoms with Gasteiger partial charge in [0.05, 0.1) is 0 Å². The summed E-state index contributed by atoms with van der Waals surface area (Å²) in [7, 11) is 0. The molecular weight excluding hydrogens is 358 g/mol. The highest BCUT2D eigenvalue weighted by molar-refractivity contribution is 7.13. The molecule has 134 valence electrons. The van der Waals surface area contributed by atoms with Crippen LogP contribution in [-0.2, 0) is 16.1 Å². The van der Waals surface area contributed by atoms with Crippen LogP contribution in [-0.4, -0.2) is 46.0 Å². The zero-order valence-electron chi connectivity index (χ0n) is 13.8. The summed E-state index contributed by atoms with van der Waals surface area (Å²) in [5.74, 6) is -0.287. The minimum atomic E-state index is -0.213. The van der Waals surface area contributed by atoms with Crippen molar-refractivity contribution in [2.45, 2.75) is 38.3 Å². The van der Waals surface area contributed by atoms with Crippen LogP contribution in [0.1, 0.15) is 30.6 Å². The zero-order chi connectivity index (χ0) is 17.5. The van der Waals surface area contributed by atoms with Gasteiger partial charge >= 0.3 is 0 Å². The largest absolute Gasteiger partial charge is 0.352 e. The standard InChI is InChI=1S/C16H21N5O2S2/c22-14(5-6-15(23)19-16-20-17-11-25-16)18-12-3-1-7-21(9-12)10-13-4-2-8-24-13/h2,4,8,11-12H,1,3,5-7,9-10H2,(H,18,22)(H,19,20,23). The minimum Gasteiger partial charge on any atom is -0.352 e. The normalized spacial score (nSPS) is 18.0. The van der Waals surface area contributed by atoms with Gasteiger partial charge in [-0.05, 0) is 30.8 Å². The third-order valence-electron chi connectivity index (χ3n) is 4.02. The lowest BCUT2D eigenvalue weighted by atomic mass is 10.1. The maximum atomic E-state index is 12.1. The van der Waals surface area contributed by atoms with Crippen molar-refractivity contribution >= 4 is 39.6 Å². The first-order valence-corrected chi connectivity index (χ1v) is 10.0. The van der Waals surface area contributed by atoms with Crippen LogP contribution in [0.25, 0.3) is 0 Å². The molecule has 7 nitrogen and oxygen atoms in total. The molecule has 2 amide bonds. The molecule has 0 radical (unpaired) electrons. The zero-order valence-corrected chi connectivity index (χ0v) is 15.4. The third-order valence-corrected chi connectivity index (χ3v) is 5.48. The second kappa shape index (κ2) is 9.02. The van der Waals surface area contributed by atoms with E-state index in [1.807, 2.05) is 0 Å². The number of carbonyl (C=O) groups is 2. The fourth-order valence-corrected chi connectivity index (χ4v) is 4.08. The smallest absolute Gasteiger partial charge is 0.226 e. The van der Waals surface area contributed by atoms with Crippen LogP contribution in [0.2, 0.25) is 0 Å². The number of likely N-dealkylation sites (tertiary alicyclic amines) is 1. The number of nitrogens with one attached hydrogen (secondary N) is 2. The second-order valence-electron chi connectivity index (χ2n) is 6.01. The van der Waals surface area contributed by atoms with E-state index < -0.39 is 0 Å². The molecule has 3 heterocycles. The Bertz CT molecular complexity index is 675. The van der Waals surface area contributed by atoms with Crippen LogP contribution in [0.3, 0.4) is 0 Å². The molecule has 0 spiro atoms. The number of anilines is 1. The van der Waals surface area contributed by atoms with Gasteiger partial charge in [-0.15, -0.1) is 21.5 Å². The van der Waals surface area contributed by atoms with Gasteiger partial charge in [-0.1, -0.05) is 17.4 Å². The number of hydrogen-bond acceptors (Lipinski definition) is 7. The van der Waals surface area contributed by atoms with E-state index in [0.29, 0.717) is 5.13 Å². The lowest BCUT2D eigenvalue weighted by Crippen LogP contribution is -2.47. The molecule has 0 aromatic carbocycles. The molecule has 1 fully saturated rings. The third kappa shape index (κ3) is 5.87. The Kier molecular flexibility index (Phi) is 6.48. The van der Waals surface area contributed by atoms with Gasteiger partial charge in [0, 0.05) is 36.9 Å². The molecule has 2 N–H and O–H groups in total. The number of nitrogens with zero attached hydrogens (tertiary/aromatic N) is 3. The van der Waals surface area contributed by atoms with E-state index in [4.69, 9.17) is 0 Å². The molecule has 3 rings (SSSR count). The maximum absolute atomic E-state index is 12.1. The summed E-state index contributed by atoms with van der Waals surface area (Å²) in [5, 5.41) is 15.6. The second-order valence-corrected chi connectivity index (χ2v) is 7.88. The van der Waals surface area contributed by atoms with Crippen molar-refractivity contribution in [2.75, 3.05) is 18.4 Å². The van der Waals surface area contributed by atoms with Crippen molar-refractivity contribution in [1.82, 2.24) is 20.4 Å². The molecule has 0 bridgehead atoms. The number of rotatable bonds is 7. The van der Waals surface area contributed by atoms with Crippen LogP contribution >= 0.6 is 22.7 Å². The van der Waals surface area contributed by atoms with Gasteiger partial charge in [-0.2, -0.15) is 0 Å². The summed E-state index contributed by atoms with van der Waals surface area (Å²) in [6.07, 6.45) is 2.40. The molecule has 1 atom stereocenters. The summed E-state index contributed by atoms with van der Waals surface area (Å²) < 4.78 is 0. The van der Waals surface area contributed by atoms with Crippen molar-refractivity contribution < 1.29 is 9.59 Å². The van der Waals surface area contributed by atoms with E-state index in [1.54, 1.807) is 16.8 Å². The van der Waals surface area contributed by atoms with E-state index in [-0.39, 0.29) is 30.7 Å². The van der Waals surface area contributed by atoms with E-state index in [1.165, 1.54) is 16.2 Å². The Morgan fingerprint density at radius 3 is 2.92 bits per heavy atom. The number of aromatic nitrogens is 2. The van der Waals surface area contributed by atoms with E-state index in [0.717, 1.165) is 32.5 Å². The van der Waals surface area contributed by atoms with Gasteiger partial charge in [0.2, 0.25) is 16.9 Å². The maximum Gasteiger partial charge on any atom is 0.226 e. The first-order chi connectivity index (χ1) is 12.2. The fraction of sp³-hybridized carbons (Fsp3) is 0.500. The van der Waals surface area contributed by atoms with Gasteiger partial charge in [0.1, 0.15) is 5.51 Å². The van der Waals surface area contributed by atoms with Crippen molar-refractivity contribution in [3.05, 3.63) is 27.9 Å². The molecule has 2 aromatic rings. The molecule has 1 aliphatic heterocycles. The minimum absolute atomic E-state index is 0.0737. The number of piperidine rings is 1. The van der Waals surface area contributed by atoms with Gasteiger partial charge in [-0.25, -0.2) is 0 Å². The highest BCUT2D eigenvalue weighted by Crippen LogP contribution is 2.17. The van der Waals surface area contributed by atoms with E-state index in [9.17, 15) is 9.59 Å². The molecule has 1 aliphatic rings. The molecular formula is C16H21N5O2S2. The Labute approximate surface area is 154 Å². The Hall–Kier alpha value is -1.84. The summed E-state index contributed by atoms with van der Waals surface area (Å²) >= 11 is 3.02. The molecule has 0 aliphatic carbocycles. The van der Waals surface area contributed by atoms with Crippen LogP contribution in [0.15, 0.2) is 23.0 Å². The van der Waals surface area contributed by atoms with Crippen molar-refractivity contribution in [2.24, 2.45) is 0 Å². The molecule has 1 unspecified atom stereocenters. The molecule has 2 aromatic heterocycles. The van der Waals surface area contributed by atoms with E-state index in [2.05, 4.69) is 43.2 Å². The van der Waals surface area contributed by atoms with Crippen molar-refractivity contribution in [3.63, 3.8) is 0 Å². The van der Waals surface area contributed by atoms with Crippen molar-refractivity contribution in [3.8, 4) is 0 Å². The first kappa shape index (κ1) is 18.0. The van der Waals surface area contributed by atoms with Crippen LogP contribution in [0.5, 0.6) is 0 Å². The number of hydrogen-bond donors (Lipinski definition) is 2. The topological polar surface area (TPSA) is 87.2 Å². The summed E-state index contributed by atoms with van der Waals surface area (Å²) in [6.45, 7) is 2.86. The average Bonchev–Trinajstić information content (AvgIpc) is 3.27. The van der Waals surface area contributed by atoms with Crippen LogP contribution < -0.4 is 10.6 Å². The predicted molar refractivity (Wildman–Crippen MR) is 98.5 cm³/mol. The number of amides is 2.